The fourth-order valence-corrected chi connectivity index (χ4v) is 4.26. The van der Waals surface area contributed by atoms with Gasteiger partial charge in [0.2, 0.25) is 0 Å². The van der Waals surface area contributed by atoms with Crippen molar-refractivity contribution in [1.29, 1.82) is 0 Å². The first kappa shape index (κ1) is 19.0. The molecule has 2 fully saturated rings. The molecule has 0 atom stereocenters. The number of nitrogens with zero attached hydrogens (tertiary/aromatic N) is 2. The minimum Gasteiger partial charge on any atom is -0.356 e. The Kier molecular flexibility index (Phi) is 6.71. The molecule has 0 radical (unpaired) electrons. The van der Waals surface area contributed by atoms with E-state index in [1.807, 2.05) is 7.05 Å². The second kappa shape index (κ2) is 8.14. The largest absolute Gasteiger partial charge is 0.356 e. The molecule has 0 bridgehead atoms. The van der Waals surface area contributed by atoms with Crippen molar-refractivity contribution in [3.8, 4) is 0 Å². The molecule has 130 valence electrons. The predicted molar refractivity (Wildman–Crippen MR) is 109 cm³/mol. The first-order valence-electron chi connectivity index (χ1n) is 8.52. The van der Waals surface area contributed by atoms with Crippen LogP contribution in [0.15, 0.2) is 10.4 Å². The molecule has 0 saturated heterocycles. The van der Waals surface area contributed by atoms with Gasteiger partial charge < -0.3 is 10.6 Å². The Labute approximate surface area is 161 Å². The van der Waals surface area contributed by atoms with Crippen molar-refractivity contribution >= 4 is 41.3 Å². The molecular weight excluding hydrogens is 419 g/mol. The van der Waals surface area contributed by atoms with Crippen LogP contribution in [0.3, 0.4) is 0 Å². The Morgan fingerprint density at radius 1 is 1.39 bits per heavy atom. The zero-order valence-corrected chi connectivity index (χ0v) is 17.5. The standard InChI is InChI=1S/C17H28N4S.HI/c1-12(2)14-10-22-15(21-14)9-19-16(18-3)20-11-17(7-4-8-17)13-5-6-13;/h10,12-13H,4-9,11H2,1-3H3,(H2,18,19,20);1H. The molecule has 2 saturated carbocycles. The highest BCUT2D eigenvalue weighted by Gasteiger charge is 2.48. The molecule has 23 heavy (non-hydrogen) atoms. The van der Waals surface area contributed by atoms with Gasteiger partial charge in [-0.3, -0.25) is 4.99 Å². The van der Waals surface area contributed by atoms with Crippen LogP contribution in [0.1, 0.15) is 62.6 Å². The number of guanidine groups is 1. The van der Waals surface area contributed by atoms with E-state index in [4.69, 9.17) is 0 Å². The van der Waals surface area contributed by atoms with Gasteiger partial charge in [-0.2, -0.15) is 0 Å². The molecule has 1 aromatic rings. The van der Waals surface area contributed by atoms with Crippen LogP contribution in [-0.2, 0) is 6.54 Å². The molecule has 0 aromatic carbocycles. The van der Waals surface area contributed by atoms with Gasteiger partial charge in [0, 0.05) is 19.0 Å². The minimum absolute atomic E-state index is 0. The number of halogens is 1. The molecule has 0 unspecified atom stereocenters. The molecule has 0 amide bonds. The van der Waals surface area contributed by atoms with Crippen LogP contribution in [0.2, 0.25) is 0 Å². The molecule has 0 aliphatic heterocycles. The normalized spacial score (nSPS) is 19.9. The molecule has 2 N–H and O–H groups in total. The summed E-state index contributed by atoms with van der Waals surface area (Å²) in [5.74, 6) is 2.38. The third kappa shape index (κ3) is 4.59. The summed E-state index contributed by atoms with van der Waals surface area (Å²) >= 11 is 1.73. The highest BCUT2D eigenvalue weighted by Crippen LogP contribution is 2.56. The van der Waals surface area contributed by atoms with Crippen LogP contribution in [0.25, 0.3) is 0 Å². The Morgan fingerprint density at radius 3 is 2.61 bits per heavy atom. The summed E-state index contributed by atoms with van der Waals surface area (Å²) in [5.41, 5.74) is 1.76. The van der Waals surface area contributed by atoms with Crippen LogP contribution in [-0.4, -0.2) is 24.5 Å². The molecule has 1 aromatic heterocycles. The first-order chi connectivity index (χ1) is 10.6. The fourth-order valence-electron chi connectivity index (χ4n) is 3.37. The van der Waals surface area contributed by atoms with E-state index in [9.17, 15) is 0 Å². The van der Waals surface area contributed by atoms with Crippen LogP contribution in [0.4, 0.5) is 0 Å². The number of rotatable bonds is 6. The smallest absolute Gasteiger partial charge is 0.191 e. The summed E-state index contributed by atoms with van der Waals surface area (Å²) in [6, 6.07) is 0. The molecule has 6 heteroatoms. The van der Waals surface area contributed by atoms with Crippen molar-refractivity contribution in [2.45, 2.75) is 58.4 Å². The molecule has 2 aliphatic carbocycles. The lowest BCUT2D eigenvalue weighted by atomic mass is 9.65. The molecule has 2 aliphatic rings. The summed E-state index contributed by atoms with van der Waals surface area (Å²) in [6.07, 6.45) is 7.06. The third-order valence-electron chi connectivity index (χ3n) is 5.19. The van der Waals surface area contributed by atoms with E-state index in [0.717, 1.165) is 30.0 Å². The Morgan fingerprint density at radius 2 is 2.13 bits per heavy atom. The Balaban J connectivity index is 0.00000192. The summed E-state index contributed by atoms with van der Waals surface area (Å²) in [6.45, 7) is 6.20. The monoisotopic (exact) mass is 448 g/mol. The zero-order chi connectivity index (χ0) is 15.6. The third-order valence-corrected chi connectivity index (χ3v) is 6.06. The fraction of sp³-hybridized carbons (Fsp3) is 0.765. The Bertz CT molecular complexity index is 532. The van der Waals surface area contributed by atoms with Gasteiger partial charge in [0.25, 0.3) is 0 Å². The van der Waals surface area contributed by atoms with E-state index >= 15 is 0 Å². The number of aliphatic imine (C=N–C) groups is 1. The molecule has 4 nitrogen and oxygen atoms in total. The van der Waals surface area contributed by atoms with E-state index in [0.29, 0.717) is 11.3 Å². The van der Waals surface area contributed by atoms with Crippen molar-refractivity contribution < 1.29 is 0 Å². The SMILES string of the molecule is CN=C(NCc1nc(C(C)C)cs1)NCC1(C2CC2)CCC1.I. The lowest BCUT2D eigenvalue weighted by molar-refractivity contribution is 0.106. The molecule has 0 spiro atoms. The minimum atomic E-state index is 0. The average molecular weight is 448 g/mol. The maximum atomic E-state index is 4.66. The van der Waals surface area contributed by atoms with Crippen molar-refractivity contribution in [3.05, 3.63) is 16.1 Å². The van der Waals surface area contributed by atoms with Gasteiger partial charge in [-0.25, -0.2) is 4.98 Å². The number of thiazole rings is 1. The van der Waals surface area contributed by atoms with E-state index < -0.39 is 0 Å². The van der Waals surface area contributed by atoms with Gasteiger partial charge in [0.15, 0.2) is 5.96 Å². The van der Waals surface area contributed by atoms with Crippen molar-refractivity contribution in [2.24, 2.45) is 16.3 Å². The average Bonchev–Trinajstić information content (AvgIpc) is 3.18. The van der Waals surface area contributed by atoms with Crippen LogP contribution < -0.4 is 10.6 Å². The van der Waals surface area contributed by atoms with Gasteiger partial charge in [-0.05, 0) is 42.9 Å². The van der Waals surface area contributed by atoms with Crippen LogP contribution in [0, 0.1) is 11.3 Å². The summed E-state index contributed by atoms with van der Waals surface area (Å²) < 4.78 is 0. The van der Waals surface area contributed by atoms with E-state index in [-0.39, 0.29) is 24.0 Å². The van der Waals surface area contributed by atoms with Crippen molar-refractivity contribution in [1.82, 2.24) is 15.6 Å². The summed E-state index contributed by atoms with van der Waals surface area (Å²) in [5, 5.41) is 10.2. The lowest BCUT2D eigenvalue weighted by Gasteiger charge is -2.43. The van der Waals surface area contributed by atoms with Gasteiger partial charge in [0.05, 0.1) is 12.2 Å². The maximum Gasteiger partial charge on any atom is 0.191 e. The summed E-state index contributed by atoms with van der Waals surface area (Å²) in [4.78, 5) is 9.02. The van der Waals surface area contributed by atoms with Gasteiger partial charge in [0.1, 0.15) is 5.01 Å². The molecular formula is C17H29IN4S. The lowest BCUT2D eigenvalue weighted by Crippen LogP contribution is -2.47. The number of nitrogens with one attached hydrogen (secondary N) is 2. The Hall–Kier alpha value is -0.370. The van der Waals surface area contributed by atoms with Gasteiger partial charge >= 0.3 is 0 Å². The predicted octanol–water partition coefficient (Wildman–Crippen LogP) is 4.13. The van der Waals surface area contributed by atoms with E-state index in [1.165, 1.54) is 37.8 Å². The summed E-state index contributed by atoms with van der Waals surface area (Å²) in [7, 11) is 1.85. The van der Waals surface area contributed by atoms with Crippen molar-refractivity contribution in [2.75, 3.05) is 13.6 Å². The first-order valence-corrected chi connectivity index (χ1v) is 9.40. The maximum absolute atomic E-state index is 4.66. The number of aromatic nitrogens is 1. The van der Waals surface area contributed by atoms with Crippen molar-refractivity contribution in [3.63, 3.8) is 0 Å². The second-order valence-corrected chi connectivity index (χ2v) is 8.03. The molecule has 1 heterocycles. The topological polar surface area (TPSA) is 49.3 Å². The number of hydrogen-bond donors (Lipinski definition) is 2. The molecule has 3 rings (SSSR count). The van der Waals surface area contributed by atoms with Crippen LogP contribution >= 0.6 is 35.3 Å². The van der Waals surface area contributed by atoms with Gasteiger partial charge in [-0.1, -0.05) is 20.3 Å². The number of hydrogen-bond acceptors (Lipinski definition) is 3. The van der Waals surface area contributed by atoms with E-state index in [2.05, 4.69) is 39.8 Å². The highest BCUT2D eigenvalue weighted by molar-refractivity contribution is 14.0. The van der Waals surface area contributed by atoms with Gasteiger partial charge in [-0.15, -0.1) is 35.3 Å². The quantitative estimate of drug-likeness (QED) is 0.391. The van der Waals surface area contributed by atoms with E-state index in [1.54, 1.807) is 11.3 Å². The zero-order valence-electron chi connectivity index (χ0n) is 14.4. The second-order valence-electron chi connectivity index (χ2n) is 7.09. The highest BCUT2D eigenvalue weighted by atomic mass is 127. The van der Waals surface area contributed by atoms with Crippen LogP contribution in [0.5, 0.6) is 0 Å².